The molecule has 2 aromatic rings. The topological polar surface area (TPSA) is 135 Å². The molecule has 0 aliphatic carbocycles. The zero-order chi connectivity index (χ0) is 20.4. The zero-order valence-corrected chi connectivity index (χ0v) is 15.9. The number of amides is 3. The normalized spacial score (nSPS) is 18.9. The molecule has 2 aliphatic heterocycles. The van der Waals surface area contributed by atoms with E-state index in [-0.39, 0.29) is 18.2 Å². The Labute approximate surface area is 167 Å². The van der Waals surface area contributed by atoms with E-state index < -0.39 is 11.9 Å². The predicted molar refractivity (Wildman–Crippen MR) is 102 cm³/mol. The van der Waals surface area contributed by atoms with Crippen LogP contribution >= 0.6 is 0 Å². The summed E-state index contributed by atoms with van der Waals surface area (Å²) >= 11 is 0. The SMILES string of the molecule is NCc1cn(CCNCc2cccc3c2C(=O)N(C2CCC(=O)NC2=O)C3)nn1. The lowest BCUT2D eigenvalue weighted by molar-refractivity contribution is -0.136. The van der Waals surface area contributed by atoms with Crippen LogP contribution in [-0.4, -0.2) is 50.2 Å². The molecule has 2 aliphatic rings. The summed E-state index contributed by atoms with van der Waals surface area (Å²) in [6.07, 6.45) is 2.42. The summed E-state index contributed by atoms with van der Waals surface area (Å²) in [5.41, 5.74) is 8.72. The van der Waals surface area contributed by atoms with Gasteiger partial charge in [-0.15, -0.1) is 5.10 Å². The maximum absolute atomic E-state index is 13.0. The number of hydrogen-bond donors (Lipinski definition) is 3. The van der Waals surface area contributed by atoms with Crippen molar-refractivity contribution in [3.8, 4) is 0 Å². The van der Waals surface area contributed by atoms with Crippen LogP contribution in [0.3, 0.4) is 0 Å². The third kappa shape index (κ3) is 3.89. The first-order valence-corrected chi connectivity index (χ1v) is 9.62. The van der Waals surface area contributed by atoms with Crippen LogP contribution in [0, 0.1) is 0 Å². The molecule has 1 unspecified atom stereocenters. The third-order valence-electron chi connectivity index (χ3n) is 5.27. The Bertz CT molecular complexity index is 955. The van der Waals surface area contributed by atoms with Gasteiger partial charge in [-0.25, -0.2) is 0 Å². The molecule has 1 aromatic heterocycles. The van der Waals surface area contributed by atoms with Gasteiger partial charge < -0.3 is 16.0 Å². The molecule has 10 heteroatoms. The van der Waals surface area contributed by atoms with Crippen LogP contribution in [0.2, 0.25) is 0 Å². The lowest BCUT2D eigenvalue weighted by atomic mass is 10.0. The molecule has 0 radical (unpaired) electrons. The van der Waals surface area contributed by atoms with Crippen LogP contribution in [0.15, 0.2) is 24.4 Å². The molecular formula is C19H23N7O3. The monoisotopic (exact) mass is 397 g/mol. The van der Waals surface area contributed by atoms with E-state index in [1.807, 2.05) is 24.4 Å². The highest BCUT2D eigenvalue weighted by atomic mass is 16.2. The van der Waals surface area contributed by atoms with Gasteiger partial charge in [-0.05, 0) is 17.5 Å². The molecule has 152 valence electrons. The second-order valence-electron chi connectivity index (χ2n) is 7.21. The van der Waals surface area contributed by atoms with Crippen LogP contribution < -0.4 is 16.4 Å². The predicted octanol–water partition coefficient (Wildman–Crippen LogP) is -0.712. The Morgan fingerprint density at radius 1 is 1.28 bits per heavy atom. The molecule has 1 saturated heterocycles. The average molecular weight is 397 g/mol. The maximum atomic E-state index is 13.0. The maximum Gasteiger partial charge on any atom is 0.255 e. The van der Waals surface area contributed by atoms with E-state index in [9.17, 15) is 14.4 Å². The molecule has 4 rings (SSSR count). The fraction of sp³-hybridized carbons (Fsp3) is 0.421. The van der Waals surface area contributed by atoms with Crippen molar-refractivity contribution in [3.05, 3.63) is 46.8 Å². The molecule has 3 heterocycles. The Hall–Kier alpha value is -3.11. The van der Waals surface area contributed by atoms with Crippen molar-refractivity contribution in [2.45, 2.75) is 45.1 Å². The minimum atomic E-state index is -0.600. The molecule has 0 bridgehead atoms. The van der Waals surface area contributed by atoms with Crippen molar-refractivity contribution in [1.82, 2.24) is 30.5 Å². The standard InChI is InChI=1S/C19H23N7O3/c20-8-14-11-25(24-23-14)7-6-21-9-12-2-1-3-13-10-26(19(29)17(12)13)15-4-5-16(27)22-18(15)28/h1-3,11,15,21H,4-10,20H2,(H,22,27,28). The highest BCUT2D eigenvalue weighted by Gasteiger charge is 2.39. The number of aromatic nitrogens is 3. The highest BCUT2D eigenvalue weighted by molar-refractivity contribution is 6.05. The van der Waals surface area contributed by atoms with E-state index in [1.165, 1.54) is 0 Å². The molecule has 10 nitrogen and oxygen atoms in total. The largest absolute Gasteiger partial charge is 0.325 e. The number of benzene rings is 1. The van der Waals surface area contributed by atoms with Gasteiger partial charge in [0.25, 0.3) is 5.91 Å². The Morgan fingerprint density at radius 2 is 2.14 bits per heavy atom. The van der Waals surface area contributed by atoms with Crippen LogP contribution in [0.5, 0.6) is 0 Å². The van der Waals surface area contributed by atoms with Crippen molar-refractivity contribution in [2.24, 2.45) is 5.73 Å². The van der Waals surface area contributed by atoms with E-state index in [1.54, 1.807) is 9.58 Å². The van der Waals surface area contributed by atoms with Gasteiger partial charge in [0.05, 0.1) is 12.2 Å². The number of nitrogens with one attached hydrogen (secondary N) is 2. The summed E-state index contributed by atoms with van der Waals surface area (Å²) in [5.74, 6) is -0.839. The van der Waals surface area contributed by atoms with Gasteiger partial charge in [0, 0.05) is 44.4 Å². The van der Waals surface area contributed by atoms with E-state index in [0.29, 0.717) is 44.7 Å². The number of fused-ring (bicyclic) bond motifs is 1. The van der Waals surface area contributed by atoms with E-state index in [2.05, 4.69) is 20.9 Å². The average Bonchev–Trinajstić information content (AvgIpc) is 3.30. The van der Waals surface area contributed by atoms with E-state index in [4.69, 9.17) is 5.73 Å². The molecule has 3 amide bonds. The molecular weight excluding hydrogens is 374 g/mol. The van der Waals surface area contributed by atoms with Gasteiger partial charge in [0.2, 0.25) is 11.8 Å². The number of hydrogen-bond acceptors (Lipinski definition) is 7. The van der Waals surface area contributed by atoms with Crippen molar-refractivity contribution < 1.29 is 14.4 Å². The Balaban J connectivity index is 1.39. The van der Waals surface area contributed by atoms with Crippen LogP contribution in [0.1, 0.15) is 40.0 Å². The summed E-state index contributed by atoms with van der Waals surface area (Å²) < 4.78 is 1.72. The fourth-order valence-electron chi connectivity index (χ4n) is 3.80. The highest BCUT2D eigenvalue weighted by Crippen LogP contribution is 2.29. The van der Waals surface area contributed by atoms with E-state index >= 15 is 0 Å². The van der Waals surface area contributed by atoms with Crippen LogP contribution in [0.4, 0.5) is 0 Å². The lowest BCUT2D eigenvalue weighted by Gasteiger charge is -2.29. The van der Waals surface area contributed by atoms with Crippen molar-refractivity contribution in [3.63, 3.8) is 0 Å². The third-order valence-corrected chi connectivity index (χ3v) is 5.27. The fourth-order valence-corrected chi connectivity index (χ4v) is 3.80. The second kappa shape index (κ2) is 8.10. The first kappa shape index (κ1) is 19.2. The summed E-state index contributed by atoms with van der Waals surface area (Å²) in [6.45, 7) is 2.56. The van der Waals surface area contributed by atoms with Crippen LogP contribution in [-0.2, 0) is 35.8 Å². The summed E-state index contributed by atoms with van der Waals surface area (Å²) in [5, 5.41) is 13.6. The smallest absolute Gasteiger partial charge is 0.255 e. The number of rotatable bonds is 7. The number of carbonyl (C=O) groups excluding carboxylic acids is 3. The Morgan fingerprint density at radius 3 is 2.90 bits per heavy atom. The molecule has 1 atom stereocenters. The van der Waals surface area contributed by atoms with Gasteiger partial charge in [-0.3, -0.25) is 24.4 Å². The van der Waals surface area contributed by atoms with Crippen LogP contribution in [0.25, 0.3) is 0 Å². The molecule has 0 spiro atoms. The van der Waals surface area contributed by atoms with Crippen molar-refractivity contribution in [1.29, 1.82) is 0 Å². The molecule has 1 aromatic carbocycles. The quantitative estimate of drug-likeness (QED) is 0.415. The number of piperidine rings is 1. The summed E-state index contributed by atoms with van der Waals surface area (Å²) in [7, 11) is 0. The zero-order valence-electron chi connectivity index (χ0n) is 15.9. The van der Waals surface area contributed by atoms with Gasteiger partial charge in [-0.2, -0.15) is 0 Å². The molecule has 29 heavy (non-hydrogen) atoms. The van der Waals surface area contributed by atoms with Gasteiger partial charge in [0.1, 0.15) is 6.04 Å². The van der Waals surface area contributed by atoms with Gasteiger partial charge >= 0.3 is 0 Å². The first-order chi connectivity index (χ1) is 14.1. The Kier molecular flexibility index (Phi) is 5.36. The summed E-state index contributed by atoms with van der Waals surface area (Å²) in [4.78, 5) is 38.2. The number of nitrogens with two attached hydrogens (primary N) is 1. The van der Waals surface area contributed by atoms with Crippen molar-refractivity contribution in [2.75, 3.05) is 6.54 Å². The number of imide groups is 1. The first-order valence-electron chi connectivity index (χ1n) is 9.62. The van der Waals surface area contributed by atoms with Crippen molar-refractivity contribution >= 4 is 17.7 Å². The minimum Gasteiger partial charge on any atom is -0.325 e. The number of nitrogens with zero attached hydrogens (tertiary/aromatic N) is 4. The molecule has 4 N–H and O–H groups in total. The number of carbonyl (C=O) groups is 3. The molecule has 1 fully saturated rings. The van der Waals surface area contributed by atoms with E-state index in [0.717, 1.165) is 16.8 Å². The van der Waals surface area contributed by atoms with Gasteiger partial charge in [-0.1, -0.05) is 23.4 Å². The second-order valence-corrected chi connectivity index (χ2v) is 7.21. The molecule has 0 saturated carbocycles. The summed E-state index contributed by atoms with van der Waals surface area (Å²) in [6, 6.07) is 5.14. The van der Waals surface area contributed by atoms with Gasteiger partial charge in [0.15, 0.2) is 0 Å². The lowest BCUT2D eigenvalue weighted by Crippen LogP contribution is -2.52. The minimum absolute atomic E-state index is 0.157.